The highest BCUT2D eigenvalue weighted by Gasteiger charge is 2.12. The van der Waals surface area contributed by atoms with E-state index in [0.717, 1.165) is 28.9 Å². The van der Waals surface area contributed by atoms with Crippen molar-refractivity contribution in [2.24, 2.45) is 0 Å². The van der Waals surface area contributed by atoms with Crippen LogP contribution in [0.5, 0.6) is 5.75 Å². The van der Waals surface area contributed by atoms with Gasteiger partial charge in [-0.15, -0.1) is 0 Å². The molecular formula is C15H13NO. The number of benzene rings is 2. The third-order valence-corrected chi connectivity index (χ3v) is 3.01. The highest BCUT2D eigenvalue weighted by molar-refractivity contribution is 5.91. The van der Waals surface area contributed by atoms with Gasteiger partial charge < -0.3 is 10.4 Å². The van der Waals surface area contributed by atoms with Crippen LogP contribution >= 0.6 is 0 Å². The predicted molar refractivity (Wildman–Crippen MR) is 70.9 cm³/mol. The molecule has 2 aromatic carbocycles. The smallest absolute Gasteiger partial charge is 0.123 e. The van der Waals surface area contributed by atoms with E-state index in [1.165, 1.54) is 0 Å². The molecule has 2 heteroatoms. The van der Waals surface area contributed by atoms with Gasteiger partial charge in [0.25, 0.3) is 0 Å². The largest absolute Gasteiger partial charge is 0.507 e. The van der Waals surface area contributed by atoms with E-state index in [0.29, 0.717) is 5.75 Å². The lowest BCUT2D eigenvalue weighted by molar-refractivity contribution is 0.473. The van der Waals surface area contributed by atoms with Crippen LogP contribution in [-0.2, 0) is 0 Å². The molecule has 0 unspecified atom stereocenters. The van der Waals surface area contributed by atoms with Crippen molar-refractivity contribution in [2.45, 2.75) is 0 Å². The number of rotatable bonds is 1. The summed E-state index contributed by atoms with van der Waals surface area (Å²) in [5, 5.41) is 13.2. The zero-order chi connectivity index (χ0) is 11.7. The van der Waals surface area contributed by atoms with Gasteiger partial charge in [0.1, 0.15) is 5.75 Å². The number of aromatic hydroxyl groups is 1. The first-order valence-corrected chi connectivity index (χ1v) is 5.66. The molecule has 0 radical (unpaired) electrons. The average Bonchev–Trinajstić information content (AvgIpc) is 2.39. The second kappa shape index (κ2) is 3.98. The number of hydrogen-bond donors (Lipinski definition) is 2. The first-order valence-electron chi connectivity index (χ1n) is 5.66. The molecule has 2 nitrogen and oxygen atoms in total. The number of hydrogen-bond acceptors (Lipinski definition) is 2. The van der Waals surface area contributed by atoms with E-state index >= 15 is 0 Å². The first kappa shape index (κ1) is 9.97. The van der Waals surface area contributed by atoms with Crippen molar-refractivity contribution in [3.05, 3.63) is 59.7 Å². The Morgan fingerprint density at radius 3 is 2.59 bits per heavy atom. The lowest BCUT2D eigenvalue weighted by Crippen LogP contribution is -2.09. The number of nitrogens with one attached hydrogen (secondary N) is 1. The molecule has 3 rings (SSSR count). The van der Waals surface area contributed by atoms with Crippen LogP contribution in [0, 0.1) is 0 Å². The molecule has 0 bridgehead atoms. The summed E-state index contributed by atoms with van der Waals surface area (Å²) in [7, 11) is 0. The van der Waals surface area contributed by atoms with Crippen molar-refractivity contribution >= 4 is 17.3 Å². The quantitative estimate of drug-likeness (QED) is 0.777. The Morgan fingerprint density at radius 1 is 0.941 bits per heavy atom. The van der Waals surface area contributed by atoms with Crippen LogP contribution in [-0.4, -0.2) is 11.7 Å². The van der Waals surface area contributed by atoms with E-state index in [2.05, 4.69) is 23.5 Å². The van der Waals surface area contributed by atoms with Gasteiger partial charge in [-0.3, -0.25) is 0 Å². The Morgan fingerprint density at radius 2 is 1.71 bits per heavy atom. The van der Waals surface area contributed by atoms with Gasteiger partial charge in [0.15, 0.2) is 0 Å². The second-order valence-electron chi connectivity index (χ2n) is 4.13. The van der Waals surface area contributed by atoms with Gasteiger partial charge >= 0.3 is 0 Å². The van der Waals surface area contributed by atoms with Crippen LogP contribution in [0.4, 0.5) is 5.69 Å². The molecule has 0 aromatic heterocycles. The van der Waals surface area contributed by atoms with Crippen molar-refractivity contribution in [2.75, 3.05) is 11.9 Å². The molecule has 1 aliphatic heterocycles. The molecule has 2 aromatic rings. The molecule has 1 heterocycles. The van der Waals surface area contributed by atoms with E-state index in [4.69, 9.17) is 0 Å². The van der Waals surface area contributed by atoms with E-state index < -0.39 is 0 Å². The van der Waals surface area contributed by atoms with Crippen LogP contribution in [0.3, 0.4) is 0 Å². The normalized spacial score (nSPS) is 13.5. The lowest BCUT2D eigenvalue weighted by Gasteiger charge is -2.19. The van der Waals surface area contributed by atoms with Gasteiger partial charge in [0.05, 0.1) is 0 Å². The minimum Gasteiger partial charge on any atom is -0.507 e. The van der Waals surface area contributed by atoms with Crippen LogP contribution in [0.25, 0.3) is 11.6 Å². The Labute approximate surface area is 100 Å². The van der Waals surface area contributed by atoms with Crippen molar-refractivity contribution in [1.82, 2.24) is 0 Å². The van der Waals surface area contributed by atoms with Crippen LogP contribution in [0.15, 0.2) is 48.5 Å². The second-order valence-corrected chi connectivity index (χ2v) is 4.13. The summed E-state index contributed by atoms with van der Waals surface area (Å²) in [6, 6.07) is 15.6. The van der Waals surface area contributed by atoms with Crippen LogP contribution in [0.2, 0.25) is 0 Å². The standard InChI is InChI=1S/C15H13NO/c17-15-8-4-2-6-13(15)12-9-11-5-1-3-7-14(11)16-10-12/h1-9,16-17H,10H2. The fourth-order valence-corrected chi connectivity index (χ4v) is 2.13. The average molecular weight is 223 g/mol. The molecule has 0 saturated heterocycles. The summed E-state index contributed by atoms with van der Waals surface area (Å²) in [6.07, 6.45) is 2.13. The zero-order valence-corrected chi connectivity index (χ0v) is 9.35. The summed E-state index contributed by atoms with van der Waals surface area (Å²) in [5.41, 5.74) is 4.32. The third kappa shape index (κ3) is 1.78. The molecule has 0 saturated carbocycles. The van der Waals surface area contributed by atoms with Crippen molar-refractivity contribution in [3.8, 4) is 5.75 Å². The predicted octanol–water partition coefficient (Wildman–Crippen LogP) is 3.36. The molecule has 0 amide bonds. The molecule has 84 valence electrons. The van der Waals surface area contributed by atoms with Gasteiger partial charge in [0, 0.05) is 17.8 Å². The highest BCUT2D eigenvalue weighted by Crippen LogP contribution is 2.31. The van der Waals surface area contributed by atoms with Gasteiger partial charge in [0.2, 0.25) is 0 Å². The molecule has 17 heavy (non-hydrogen) atoms. The number of phenolic OH excluding ortho intramolecular Hbond substituents is 1. The van der Waals surface area contributed by atoms with Crippen molar-refractivity contribution in [3.63, 3.8) is 0 Å². The van der Waals surface area contributed by atoms with Gasteiger partial charge in [-0.2, -0.15) is 0 Å². The summed E-state index contributed by atoms with van der Waals surface area (Å²) in [6.45, 7) is 0.745. The number of phenols is 1. The highest BCUT2D eigenvalue weighted by atomic mass is 16.3. The van der Waals surface area contributed by atoms with E-state index in [9.17, 15) is 5.11 Å². The van der Waals surface area contributed by atoms with Gasteiger partial charge in [-0.1, -0.05) is 36.4 Å². The number of fused-ring (bicyclic) bond motifs is 1. The topological polar surface area (TPSA) is 32.3 Å². The number of para-hydroxylation sites is 2. The Kier molecular flexibility index (Phi) is 2.33. The van der Waals surface area contributed by atoms with Crippen molar-refractivity contribution < 1.29 is 5.11 Å². The van der Waals surface area contributed by atoms with Crippen LogP contribution in [0.1, 0.15) is 11.1 Å². The molecule has 0 aliphatic carbocycles. The summed E-state index contributed by atoms with van der Waals surface area (Å²) >= 11 is 0. The van der Waals surface area contributed by atoms with Gasteiger partial charge in [-0.25, -0.2) is 0 Å². The summed E-state index contributed by atoms with van der Waals surface area (Å²) in [4.78, 5) is 0. The maximum absolute atomic E-state index is 9.84. The Bertz CT molecular complexity index is 587. The fraction of sp³-hybridized carbons (Fsp3) is 0.0667. The number of anilines is 1. The molecular weight excluding hydrogens is 210 g/mol. The molecule has 0 spiro atoms. The SMILES string of the molecule is Oc1ccccc1C1=Cc2ccccc2NC1. The summed E-state index contributed by atoms with van der Waals surface area (Å²) < 4.78 is 0. The summed E-state index contributed by atoms with van der Waals surface area (Å²) in [5.74, 6) is 0.333. The zero-order valence-electron chi connectivity index (χ0n) is 9.35. The minimum absolute atomic E-state index is 0.333. The lowest BCUT2D eigenvalue weighted by atomic mass is 9.98. The monoisotopic (exact) mass is 223 g/mol. The van der Waals surface area contributed by atoms with Gasteiger partial charge in [-0.05, 0) is 29.3 Å². The van der Waals surface area contributed by atoms with Crippen LogP contribution < -0.4 is 5.32 Å². The maximum atomic E-state index is 9.84. The first-order chi connectivity index (χ1) is 8.34. The van der Waals surface area contributed by atoms with E-state index in [-0.39, 0.29) is 0 Å². The molecule has 0 atom stereocenters. The molecule has 1 aliphatic rings. The Hall–Kier alpha value is -2.22. The minimum atomic E-state index is 0.333. The van der Waals surface area contributed by atoms with E-state index in [1.807, 2.05) is 30.3 Å². The van der Waals surface area contributed by atoms with Crippen molar-refractivity contribution in [1.29, 1.82) is 0 Å². The molecule has 0 fully saturated rings. The maximum Gasteiger partial charge on any atom is 0.123 e. The molecule has 2 N–H and O–H groups in total. The Balaban J connectivity index is 2.08. The third-order valence-electron chi connectivity index (χ3n) is 3.01. The van der Waals surface area contributed by atoms with E-state index in [1.54, 1.807) is 6.07 Å². The fourth-order valence-electron chi connectivity index (χ4n) is 2.13.